The molecule has 12 heavy (non-hydrogen) atoms. The molecule has 0 rings (SSSR count). The molecule has 0 aliphatic carbocycles. The third kappa shape index (κ3) is 5.40. The summed E-state index contributed by atoms with van der Waals surface area (Å²) in [6.45, 7) is 0. The average Bonchev–Trinajstić information content (AvgIpc) is 2.04. The van der Waals surface area contributed by atoms with Gasteiger partial charge in [-0.15, -0.1) is 0 Å². The third-order valence-electron chi connectivity index (χ3n) is 1.53. The van der Waals surface area contributed by atoms with Crippen LogP contribution in [0.1, 0.15) is 19.3 Å². The molecule has 0 bridgehead atoms. The molecule has 4 nitrogen and oxygen atoms in total. The predicted molar refractivity (Wildman–Crippen MR) is 46.0 cm³/mol. The van der Waals surface area contributed by atoms with Crippen molar-refractivity contribution in [1.82, 2.24) is 5.48 Å². The van der Waals surface area contributed by atoms with Gasteiger partial charge in [-0.05, 0) is 24.9 Å². The molecule has 0 aromatic rings. The molecular formula is C7H14NO3S-. The summed E-state index contributed by atoms with van der Waals surface area (Å²) in [6.07, 6.45) is 4.17. The molecule has 0 aromatic carbocycles. The Kier molecular flexibility index (Phi) is 7.23. The zero-order chi connectivity index (χ0) is 9.40. The molecular weight excluding hydrogens is 178 g/mol. The first-order chi connectivity index (χ1) is 5.72. The van der Waals surface area contributed by atoms with Gasteiger partial charge >= 0.3 is 0 Å². The maximum Gasteiger partial charge on any atom is 0.0714 e. The van der Waals surface area contributed by atoms with E-state index in [1.807, 2.05) is 6.26 Å². The maximum absolute atomic E-state index is 10.3. The Morgan fingerprint density at radius 2 is 2.33 bits per heavy atom. The molecule has 72 valence electrons. The van der Waals surface area contributed by atoms with Gasteiger partial charge in [0.1, 0.15) is 0 Å². The molecule has 0 aromatic heterocycles. The second-order valence-electron chi connectivity index (χ2n) is 2.49. The SMILES string of the molecule is CSCCCC[C@H](NO)C(=O)[O-]. The van der Waals surface area contributed by atoms with Crippen LogP contribution in [0.25, 0.3) is 0 Å². The highest BCUT2D eigenvalue weighted by atomic mass is 32.2. The highest BCUT2D eigenvalue weighted by molar-refractivity contribution is 7.98. The monoisotopic (exact) mass is 192 g/mol. The first kappa shape index (κ1) is 11.7. The van der Waals surface area contributed by atoms with Gasteiger partial charge in [0.2, 0.25) is 0 Å². The standard InChI is InChI=1S/C7H15NO3S/c1-12-5-3-2-4-6(8-11)7(9)10/h6,8,11H,2-5H2,1H3,(H,9,10)/p-1/t6-/m0/s1. The summed E-state index contributed by atoms with van der Waals surface area (Å²) in [5.41, 5.74) is 1.71. The van der Waals surface area contributed by atoms with Crippen molar-refractivity contribution in [2.75, 3.05) is 12.0 Å². The lowest BCUT2D eigenvalue weighted by Crippen LogP contribution is -2.44. The summed E-state index contributed by atoms with van der Waals surface area (Å²) < 4.78 is 0. The Bertz CT molecular complexity index is 132. The van der Waals surface area contributed by atoms with Crippen LogP contribution in [0.5, 0.6) is 0 Å². The summed E-state index contributed by atoms with van der Waals surface area (Å²) in [5.74, 6) is -0.229. The van der Waals surface area contributed by atoms with Crippen LogP contribution in [-0.4, -0.2) is 29.2 Å². The number of carboxylic acid groups (broad SMARTS) is 1. The fourth-order valence-corrected chi connectivity index (χ4v) is 1.32. The van der Waals surface area contributed by atoms with E-state index in [4.69, 9.17) is 5.21 Å². The molecule has 0 fully saturated rings. The molecule has 0 radical (unpaired) electrons. The topological polar surface area (TPSA) is 72.4 Å². The lowest BCUT2D eigenvalue weighted by Gasteiger charge is -2.14. The second-order valence-corrected chi connectivity index (χ2v) is 3.47. The Labute approximate surface area is 76.3 Å². The smallest absolute Gasteiger partial charge is 0.0714 e. The zero-order valence-corrected chi connectivity index (χ0v) is 7.89. The molecule has 2 N–H and O–H groups in total. The second kappa shape index (κ2) is 7.39. The van der Waals surface area contributed by atoms with Crippen LogP contribution in [0.15, 0.2) is 0 Å². The number of aliphatic carboxylic acids is 1. The number of carbonyl (C=O) groups excluding carboxylic acids is 1. The molecule has 0 unspecified atom stereocenters. The van der Waals surface area contributed by atoms with E-state index in [1.54, 1.807) is 17.2 Å². The molecule has 0 aliphatic heterocycles. The van der Waals surface area contributed by atoms with E-state index in [-0.39, 0.29) is 0 Å². The van der Waals surface area contributed by atoms with Crippen molar-refractivity contribution in [2.45, 2.75) is 25.3 Å². The summed E-state index contributed by atoms with van der Waals surface area (Å²) in [5, 5.41) is 18.6. The number of thioether (sulfide) groups is 1. The van der Waals surface area contributed by atoms with Crippen molar-refractivity contribution in [3.8, 4) is 0 Å². The highest BCUT2D eigenvalue weighted by Crippen LogP contribution is 2.04. The van der Waals surface area contributed by atoms with Crippen molar-refractivity contribution in [1.29, 1.82) is 0 Å². The van der Waals surface area contributed by atoms with Gasteiger partial charge in [0.25, 0.3) is 0 Å². The van der Waals surface area contributed by atoms with E-state index in [2.05, 4.69) is 0 Å². The minimum absolute atomic E-state index is 0.416. The van der Waals surface area contributed by atoms with Crippen molar-refractivity contribution in [3.05, 3.63) is 0 Å². The molecule has 0 saturated heterocycles. The van der Waals surface area contributed by atoms with Crippen LogP contribution in [0.3, 0.4) is 0 Å². The van der Waals surface area contributed by atoms with Crippen molar-refractivity contribution in [3.63, 3.8) is 0 Å². The number of carbonyl (C=O) groups is 1. The van der Waals surface area contributed by atoms with E-state index in [1.165, 1.54) is 0 Å². The Hall–Kier alpha value is -0.260. The summed E-state index contributed by atoms with van der Waals surface area (Å²) in [7, 11) is 0. The minimum Gasteiger partial charge on any atom is -0.548 e. The van der Waals surface area contributed by atoms with Crippen molar-refractivity contribution >= 4 is 17.7 Å². The highest BCUT2D eigenvalue weighted by Gasteiger charge is 2.06. The third-order valence-corrected chi connectivity index (χ3v) is 2.23. The van der Waals surface area contributed by atoms with Gasteiger partial charge in [-0.1, -0.05) is 6.42 Å². The quantitative estimate of drug-likeness (QED) is 0.425. The number of hydrogen-bond donors (Lipinski definition) is 2. The predicted octanol–water partition coefficient (Wildman–Crippen LogP) is -0.383. The first-order valence-corrected chi connectivity index (χ1v) is 5.21. The average molecular weight is 192 g/mol. The van der Waals surface area contributed by atoms with E-state index < -0.39 is 12.0 Å². The minimum atomic E-state index is -1.25. The van der Waals surface area contributed by atoms with Crippen LogP contribution in [0, 0.1) is 0 Å². The van der Waals surface area contributed by atoms with Gasteiger partial charge in [-0.2, -0.15) is 17.2 Å². The number of unbranched alkanes of at least 4 members (excludes halogenated alkanes) is 1. The van der Waals surface area contributed by atoms with Crippen molar-refractivity contribution < 1.29 is 15.1 Å². The lowest BCUT2D eigenvalue weighted by molar-refractivity contribution is -0.310. The van der Waals surface area contributed by atoms with E-state index in [0.29, 0.717) is 6.42 Å². The molecule has 5 heteroatoms. The normalized spacial score (nSPS) is 12.8. The maximum atomic E-state index is 10.3. The number of hydroxylamine groups is 1. The molecule has 0 aliphatic rings. The van der Waals surface area contributed by atoms with Gasteiger partial charge < -0.3 is 15.1 Å². The van der Waals surface area contributed by atoms with Gasteiger partial charge in [-0.25, -0.2) is 0 Å². The number of hydrogen-bond acceptors (Lipinski definition) is 5. The molecule has 0 heterocycles. The van der Waals surface area contributed by atoms with Crippen LogP contribution >= 0.6 is 11.8 Å². The number of rotatable bonds is 7. The number of nitrogens with one attached hydrogen (secondary N) is 1. The summed E-state index contributed by atoms with van der Waals surface area (Å²) in [6, 6.07) is -0.924. The van der Waals surface area contributed by atoms with Gasteiger partial charge in [-0.3, -0.25) is 0 Å². The van der Waals surface area contributed by atoms with E-state index in [0.717, 1.165) is 18.6 Å². The fraction of sp³-hybridized carbons (Fsp3) is 0.857. The summed E-state index contributed by atoms with van der Waals surface area (Å²) in [4.78, 5) is 10.3. The van der Waals surface area contributed by atoms with Crippen LogP contribution < -0.4 is 10.6 Å². The van der Waals surface area contributed by atoms with Gasteiger partial charge in [0.15, 0.2) is 0 Å². The molecule has 1 atom stereocenters. The first-order valence-electron chi connectivity index (χ1n) is 3.81. The number of carboxylic acids is 1. The Balaban J connectivity index is 3.38. The largest absolute Gasteiger partial charge is 0.548 e. The van der Waals surface area contributed by atoms with Gasteiger partial charge in [0.05, 0.1) is 12.0 Å². The fourth-order valence-electron chi connectivity index (χ4n) is 0.830. The van der Waals surface area contributed by atoms with Crippen LogP contribution in [0.2, 0.25) is 0 Å². The van der Waals surface area contributed by atoms with Crippen LogP contribution in [-0.2, 0) is 4.79 Å². The van der Waals surface area contributed by atoms with Gasteiger partial charge in [0, 0.05) is 0 Å². The summed E-state index contributed by atoms with van der Waals surface area (Å²) >= 11 is 1.72. The molecule has 0 saturated carbocycles. The van der Waals surface area contributed by atoms with E-state index >= 15 is 0 Å². The van der Waals surface area contributed by atoms with Crippen LogP contribution in [0.4, 0.5) is 0 Å². The van der Waals surface area contributed by atoms with Crippen molar-refractivity contribution in [2.24, 2.45) is 0 Å². The Morgan fingerprint density at radius 1 is 1.67 bits per heavy atom. The molecule has 0 amide bonds. The Morgan fingerprint density at radius 3 is 2.75 bits per heavy atom. The lowest BCUT2D eigenvalue weighted by atomic mass is 10.1. The van der Waals surface area contributed by atoms with E-state index in [9.17, 15) is 9.90 Å². The zero-order valence-electron chi connectivity index (χ0n) is 7.08. The molecule has 0 spiro atoms.